The normalized spacial score (nSPS) is 27.3. The standard InChI is InChI=1S/C19H39NO/c1-7-12-20-14-18-9-8-16(15(2)3)13-17(18)10-11-19(4,5)21-6/h15-18,20H,7-14H2,1-6H3. The molecule has 0 aromatic heterocycles. The molecule has 0 aromatic rings. The molecule has 0 amide bonds. The van der Waals surface area contributed by atoms with Crippen molar-refractivity contribution in [2.45, 2.75) is 78.7 Å². The maximum atomic E-state index is 5.62. The van der Waals surface area contributed by atoms with Crippen LogP contribution in [0.4, 0.5) is 0 Å². The van der Waals surface area contributed by atoms with Gasteiger partial charge in [0, 0.05) is 7.11 Å². The van der Waals surface area contributed by atoms with Crippen LogP contribution in [0.3, 0.4) is 0 Å². The molecule has 1 N–H and O–H groups in total. The lowest BCUT2D eigenvalue weighted by atomic mass is 9.68. The van der Waals surface area contributed by atoms with Crippen molar-refractivity contribution in [3.05, 3.63) is 0 Å². The highest BCUT2D eigenvalue weighted by Crippen LogP contribution is 2.40. The Morgan fingerprint density at radius 2 is 1.90 bits per heavy atom. The van der Waals surface area contributed by atoms with Crippen LogP contribution in [0.25, 0.3) is 0 Å². The molecular weight excluding hydrogens is 258 g/mol. The summed E-state index contributed by atoms with van der Waals surface area (Å²) in [6, 6.07) is 0. The molecule has 0 heterocycles. The van der Waals surface area contributed by atoms with Crippen molar-refractivity contribution in [2.75, 3.05) is 20.2 Å². The minimum absolute atomic E-state index is 0.0339. The average Bonchev–Trinajstić information content (AvgIpc) is 2.46. The first kappa shape index (κ1) is 19.0. The largest absolute Gasteiger partial charge is 0.379 e. The van der Waals surface area contributed by atoms with E-state index >= 15 is 0 Å². The van der Waals surface area contributed by atoms with Gasteiger partial charge in [0.05, 0.1) is 5.60 Å². The van der Waals surface area contributed by atoms with Crippen LogP contribution >= 0.6 is 0 Å². The molecule has 1 fully saturated rings. The van der Waals surface area contributed by atoms with E-state index in [2.05, 4.69) is 39.9 Å². The van der Waals surface area contributed by atoms with Crippen LogP contribution in [-0.4, -0.2) is 25.8 Å². The van der Waals surface area contributed by atoms with E-state index in [4.69, 9.17) is 4.74 Å². The molecule has 2 heteroatoms. The van der Waals surface area contributed by atoms with Crippen LogP contribution in [0.15, 0.2) is 0 Å². The summed E-state index contributed by atoms with van der Waals surface area (Å²) < 4.78 is 5.62. The van der Waals surface area contributed by atoms with Crippen LogP contribution in [0.2, 0.25) is 0 Å². The first-order chi connectivity index (χ1) is 9.89. The molecule has 1 saturated carbocycles. The molecule has 21 heavy (non-hydrogen) atoms. The smallest absolute Gasteiger partial charge is 0.0622 e. The average molecular weight is 298 g/mol. The van der Waals surface area contributed by atoms with E-state index in [9.17, 15) is 0 Å². The predicted octanol–water partition coefficient (Wildman–Crippen LogP) is 4.88. The van der Waals surface area contributed by atoms with Gasteiger partial charge in [-0.2, -0.15) is 0 Å². The summed E-state index contributed by atoms with van der Waals surface area (Å²) in [6.45, 7) is 13.9. The van der Waals surface area contributed by atoms with Gasteiger partial charge in [0.1, 0.15) is 0 Å². The molecule has 1 rings (SSSR count). The Kier molecular flexibility index (Phi) is 8.26. The fourth-order valence-electron chi connectivity index (χ4n) is 3.69. The van der Waals surface area contributed by atoms with Gasteiger partial charge in [0.2, 0.25) is 0 Å². The van der Waals surface area contributed by atoms with Crippen molar-refractivity contribution in [1.82, 2.24) is 5.32 Å². The second kappa shape index (κ2) is 9.15. The number of methoxy groups -OCH3 is 1. The Labute approximate surface area is 133 Å². The van der Waals surface area contributed by atoms with E-state index in [0.717, 1.165) is 23.7 Å². The molecule has 1 aliphatic carbocycles. The quantitative estimate of drug-likeness (QED) is 0.612. The van der Waals surface area contributed by atoms with E-state index in [1.165, 1.54) is 51.6 Å². The zero-order chi connectivity index (χ0) is 15.9. The molecule has 0 radical (unpaired) electrons. The van der Waals surface area contributed by atoms with E-state index < -0.39 is 0 Å². The molecule has 3 atom stereocenters. The van der Waals surface area contributed by atoms with Crippen molar-refractivity contribution in [3.8, 4) is 0 Å². The van der Waals surface area contributed by atoms with Crippen molar-refractivity contribution < 1.29 is 4.74 Å². The molecule has 0 spiro atoms. The minimum Gasteiger partial charge on any atom is -0.379 e. The summed E-state index contributed by atoms with van der Waals surface area (Å²) in [5.74, 6) is 3.53. The highest BCUT2D eigenvalue weighted by Gasteiger charge is 2.32. The Hall–Kier alpha value is -0.0800. The van der Waals surface area contributed by atoms with Crippen LogP contribution < -0.4 is 5.32 Å². The maximum absolute atomic E-state index is 5.62. The van der Waals surface area contributed by atoms with Crippen LogP contribution in [-0.2, 0) is 4.74 Å². The predicted molar refractivity (Wildman–Crippen MR) is 92.6 cm³/mol. The van der Waals surface area contributed by atoms with Gasteiger partial charge in [0.15, 0.2) is 0 Å². The Bertz CT molecular complexity index is 275. The number of hydrogen-bond donors (Lipinski definition) is 1. The van der Waals surface area contributed by atoms with Crippen molar-refractivity contribution in [2.24, 2.45) is 23.7 Å². The zero-order valence-electron chi connectivity index (χ0n) is 15.4. The van der Waals surface area contributed by atoms with Gasteiger partial charge < -0.3 is 10.1 Å². The lowest BCUT2D eigenvalue weighted by Crippen LogP contribution is -2.36. The summed E-state index contributed by atoms with van der Waals surface area (Å²) in [7, 11) is 1.85. The van der Waals surface area contributed by atoms with Crippen LogP contribution in [0, 0.1) is 23.7 Å². The topological polar surface area (TPSA) is 21.3 Å². The van der Waals surface area contributed by atoms with Crippen LogP contribution in [0.5, 0.6) is 0 Å². The van der Waals surface area contributed by atoms with Gasteiger partial charge in [-0.25, -0.2) is 0 Å². The lowest BCUT2D eigenvalue weighted by molar-refractivity contribution is 0.00351. The van der Waals surface area contributed by atoms with Gasteiger partial charge in [-0.15, -0.1) is 0 Å². The molecule has 0 aromatic carbocycles. The van der Waals surface area contributed by atoms with E-state index in [0.29, 0.717) is 0 Å². The SMILES string of the molecule is CCCNCC1CCC(C(C)C)CC1CCC(C)(C)OC. The molecule has 126 valence electrons. The molecule has 0 bridgehead atoms. The maximum Gasteiger partial charge on any atom is 0.0622 e. The molecule has 1 aliphatic rings. The Morgan fingerprint density at radius 1 is 1.19 bits per heavy atom. The lowest BCUT2D eigenvalue weighted by Gasteiger charge is -2.39. The summed E-state index contributed by atoms with van der Waals surface area (Å²) in [5.41, 5.74) is 0.0339. The van der Waals surface area contributed by atoms with Crippen molar-refractivity contribution in [1.29, 1.82) is 0 Å². The van der Waals surface area contributed by atoms with Crippen molar-refractivity contribution in [3.63, 3.8) is 0 Å². The number of nitrogens with one attached hydrogen (secondary N) is 1. The summed E-state index contributed by atoms with van der Waals surface area (Å²) >= 11 is 0. The summed E-state index contributed by atoms with van der Waals surface area (Å²) in [6.07, 6.45) is 8.02. The second-order valence-corrected chi connectivity index (χ2v) is 8.04. The third kappa shape index (κ3) is 6.69. The minimum atomic E-state index is 0.0339. The summed E-state index contributed by atoms with van der Waals surface area (Å²) in [5, 5.41) is 3.66. The first-order valence-corrected chi connectivity index (χ1v) is 9.15. The molecule has 2 nitrogen and oxygen atoms in total. The highest BCUT2D eigenvalue weighted by molar-refractivity contribution is 4.84. The molecule has 0 aliphatic heterocycles. The van der Waals surface area contributed by atoms with Gasteiger partial charge in [0.25, 0.3) is 0 Å². The third-order valence-corrected chi connectivity index (χ3v) is 5.63. The van der Waals surface area contributed by atoms with Crippen molar-refractivity contribution >= 4 is 0 Å². The third-order valence-electron chi connectivity index (χ3n) is 5.63. The van der Waals surface area contributed by atoms with Gasteiger partial charge >= 0.3 is 0 Å². The second-order valence-electron chi connectivity index (χ2n) is 8.04. The van der Waals surface area contributed by atoms with Gasteiger partial charge in [-0.05, 0) is 89.1 Å². The molecular formula is C19H39NO. The number of ether oxygens (including phenoxy) is 1. The fraction of sp³-hybridized carbons (Fsp3) is 1.00. The number of hydrogen-bond acceptors (Lipinski definition) is 2. The van der Waals surface area contributed by atoms with E-state index in [1.54, 1.807) is 0 Å². The first-order valence-electron chi connectivity index (χ1n) is 9.15. The Morgan fingerprint density at radius 3 is 2.48 bits per heavy atom. The fourth-order valence-corrected chi connectivity index (χ4v) is 3.69. The summed E-state index contributed by atoms with van der Waals surface area (Å²) in [4.78, 5) is 0. The molecule has 3 unspecified atom stereocenters. The molecule has 0 saturated heterocycles. The van der Waals surface area contributed by atoms with Crippen LogP contribution in [0.1, 0.15) is 73.1 Å². The highest BCUT2D eigenvalue weighted by atomic mass is 16.5. The van der Waals surface area contributed by atoms with Gasteiger partial charge in [-0.1, -0.05) is 20.8 Å². The zero-order valence-corrected chi connectivity index (χ0v) is 15.4. The van der Waals surface area contributed by atoms with Gasteiger partial charge in [-0.3, -0.25) is 0 Å². The number of rotatable bonds is 9. The van der Waals surface area contributed by atoms with E-state index in [1.807, 2.05) is 7.11 Å². The monoisotopic (exact) mass is 297 g/mol. The Balaban J connectivity index is 2.55. The van der Waals surface area contributed by atoms with E-state index in [-0.39, 0.29) is 5.60 Å².